The number of amides is 1. The van der Waals surface area contributed by atoms with E-state index in [1.165, 1.54) is 12.0 Å². The number of aliphatic hydroxyl groups is 2. The highest BCUT2D eigenvalue weighted by Gasteiger charge is 2.65. The van der Waals surface area contributed by atoms with Crippen molar-refractivity contribution in [1.82, 2.24) is 4.90 Å². The summed E-state index contributed by atoms with van der Waals surface area (Å²) in [4.78, 5) is 20.3. The van der Waals surface area contributed by atoms with Gasteiger partial charge in [-0.2, -0.15) is 0 Å². The number of fused-ring (bicyclic) bond motifs is 2. The van der Waals surface area contributed by atoms with Crippen LogP contribution >= 0.6 is 0 Å². The molecule has 6 atom stereocenters. The standard InChI is InChI=1S/C34H48N2O8/c1-5-7-19-42-33(40)36(3)30-22-28(35-41-4)26-20-23(12-8-10-16-37)25(13-9-11-17-38)31-27-21-24(39)14-15-29(27)44-34(30,32(26)31)43-18-6-2/h5-6,14-15,20-21,23,25,30-32,37-39H,1-2,7-13,16-19,22H2,3-4H3/t23-,25+,30-,31+,32+,34+/m0/s1. The molecule has 2 aliphatic carbocycles. The number of hydrogen-bond donors (Lipinski definition) is 3. The number of carbonyl (C=O) groups excluding carboxylic acids is 1. The number of carbonyl (C=O) groups is 1. The van der Waals surface area contributed by atoms with E-state index >= 15 is 0 Å². The van der Waals surface area contributed by atoms with Gasteiger partial charge < -0.3 is 39.3 Å². The number of nitrogens with zero attached hydrogens (tertiary/aromatic N) is 2. The minimum atomic E-state index is -1.33. The van der Waals surface area contributed by atoms with Crippen molar-refractivity contribution < 1.29 is 39.2 Å². The average molecular weight is 613 g/mol. The summed E-state index contributed by atoms with van der Waals surface area (Å²) in [5.74, 6) is -0.987. The van der Waals surface area contributed by atoms with E-state index in [-0.39, 0.29) is 49.9 Å². The minimum absolute atomic E-state index is 0.0949. The van der Waals surface area contributed by atoms with E-state index in [1.54, 1.807) is 37.4 Å². The molecule has 3 aliphatic rings. The first-order chi connectivity index (χ1) is 21.4. The molecule has 0 spiro atoms. The Kier molecular flexibility index (Phi) is 11.9. The van der Waals surface area contributed by atoms with Gasteiger partial charge in [-0.15, -0.1) is 13.2 Å². The minimum Gasteiger partial charge on any atom is -0.508 e. The molecule has 10 heteroatoms. The number of hydrogen-bond acceptors (Lipinski definition) is 9. The van der Waals surface area contributed by atoms with Crippen LogP contribution in [0.1, 0.15) is 62.8 Å². The summed E-state index contributed by atoms with van der Waals surface area (Å²) in [5.41, 5.74) is 2.50. The summed E-state index contributed by atoms with van der Waals surface area (Å²) in [5, 5.41) is 34.4. The zero-order valence-electron chi connectivity index (χ0n) is 26.0. The van der Waals surface area contributed by atoms with Crippen molar-refractivity contribution >= 4 is 11.8 Å². The SMILES string of the molecule is C=CCCOC(=O)N(C)[C@H]1CC(=NOC)C2=C[C@H](CCCCO)[C@@H](CCCCO)[C@@H]3c4cc(O)ccc4O[C@@]1(OCC=C)[C@H]23. The first kappa shape index (κ1) is 33.6. The number of aliphatic hydroxyl groups excluding tert-OH is 2. The highest BCUT2D eigenvalue weighted by molar-refractivity contribution is 6.02. The number of allylic oxidation sites excluding steroid dienone is 1. The normalized spacial score (nSPS) is 27.8. The average Bonchev–Trinajstić information content (AvgIpc) is 3.02. The highest BCUT2D eigenvalue weighted by atomic mass is 16.7. The number of aromatic hydroxyl groups is 1. The molecule has 3 N–H and O–H groups in total. The molecule has 1 aliphatic heterocycles. The van der Waals surface area contributed by atoms with Gasteiger partial charge >= 0.3 is 6.09 Å². The fraction of sp³-hybridized carbons (Fsp3) is 0.588. The third kappa shape index (κ3) is 6.82. The van der Waals surface area contributed by atoms with Crippen LogP contribution in [0.5, 0.6) is 11.5 Å². The van der Waals surface area contributed by atoms with Gasteiger partial charge in [0.2, 0.25) is 5.79 Å². The van der Waals surface area contributed by atoms with Gasteiger partial charge in [0, 0.05) is 38.2 Å². The first-order valence-electron chi connectivity index (χ1n) is 15.7. The molecule has 1 heterocycles. The number of oxime groups is 1. The molecule has 1 saturated carbocycles. The van der Waals surface area contributed by atoms with Crippen LogP contribution in [0, 0.1) is 17.8 Å². The molecule has 4 rings (SSSR count). The Morgan fingerprint density at radius 2 is 1.91 bits per heavy atom. The molecular formula is C34H48N2O8. The van der Waals surface area contributed by atoms with E-state index in [0.717, 1.165) is 36.8 Å². The summed E-state index contributed by atoms with van der Waals surface area (Å²) in [7, 11) is 3.19. The van der Waals surface area contributed by atoms with E-state index < -0.39 is 23.8 Å². The third-order valence-corrected chi connectivity index (χ3v) is 9.16. The Morgan fingerprint density at radius 3 is 2.59 bits per heavy atom. The van der Waals surface area contributed by atoms with Gasteiger partial charge in [0.25, 0.3) is 0 Å². The lowest BCUT2D eigenvalue weighted by Crippen LogP contribution is -2.69. The zero-order chi connectivity index (χ0) is 31.7. The Hall–Kier alpha value is -3.34. The van der Waals surface area contributed by atoms with Crippen molar-refractivity contribution in [2.75, 3.05) is 40.6 Å². The number of phenolic OH excluding ortho intramolecular Hbond substituents is 1. The molecule has 0 saturated heterocycles. The molecule has 0 aromatic heterocycles. The second-order valence-corrected chi connectivity index (χ2v) is 11.8. The predicted molar refractivity (Wildman–Crippen MR) is 168 cm³/mol. The van der Waals surface area contributed by atoms with Gasteiger partial charge in [0.15, 0.2) is 0 Å². The maximum atomic E-state index is 13.4. The first-order valence-corrected chi connectivity index (χ1v) is 15.7. The van der Waals surface area contributed by atoms with Crippen LogP contribution in [0.25, 0.3) is 0 Å². The molecule has 1 aromatic carbocycles. The van der Waals surface area contributed by atoms with Crippen LogP contribution < -0.4 is 4.74 Å². The maximum absolute atomic E-state index is 13.4. The fourth-order valence-electron chi connectivity index (χ4n) is 7.31. The van der Waals surface area contributed by atoms with Crippen LogP contribution in [-0.4, -0.2) is 84.4 Å². The number of benzene rings is 1. The smallest absolute Gasteiger partial charge is 0.409 e. The van der Waals surface area contributed by atoms with Crippen LogP contribution in [-0.2, 0) is 14.3 Å². The van der Waals surface area contributed by atoms with Crippen molar-refractivity contribution in [1.29, 1.82) is 0 Å². The van der Waals surface area contributed by atoms with Crippen molar-refractivity contribution in [2.45, 2.75) is 69.1 Å². The summed E-state index contributed by atoms with van der Waals surface area (Å²) in [6.07, 6.45) is 10.6. The molecule has 0 bridgehead atoms. The molecule has 1 fully saturated rings. The van der Waals surface area contributed by atoms with Crippen LogP contribution in [0.4, 0.5) is 4.79 Å². The summed E-state index contributed by atoms with van der Waals surface area (Å²) < 4.78 is 19.2. The van der Waals surface area contributed by atoms with Crippen LogP contribution in [0.2, 0.25) is 0 Å². The van der Waals surface area contributed by atoms with E-state index in [1.807, 2.05) is 0 Å². The molecular weight excluding hydrogens is 564 g/mol. The topological polar surface area (TPSA) is 130 Å². The zero-order valence-corrected chi connectivity index (χ0v) is 26.0. The lowest BCUT2D eigenvalue weighted by Gasteiger charge is -2.59. The number of rotatable bonds is 16. The molecule has 1 aromatic rings. The lowest BCUT2D eigenvalue weighted by atomic mass is 9.55. The number of ether oxygens (including phenoxy) is 3. The predicted octanol–water partition coefficient (Wildman–Crippen LogP) is 5.30. The Labute approximate surface area is 260 Å². The van der Waals surface area contributed by atoms with Crippen LogP contribution in [0.3, 0.4) is 0 Å². The van der Waals surface area contributed by atoms with E-state index in [9.17, 15) is 20.1 Å². The van der Waals surface area contributed by atoms with Crippen molar-refractivity contribution in [2.24, 2.45) is 22.9 Å². The Morgan fingerprint density at radius 1 is 1.16 bits per heavy atom. The summed E-state index contributed by atoms with van der Waals surface area (Å²) in [6.45, 7) is 8.21. The molecule has 0 radical (unpaired) electrons. The highest BCUT2D eigenvalue weighted by Crippen LogP contribution is 2.61. The molecule has 44 heavy (non-hydrogen) atoms. The number of unbranched alkanes of at least 4 members (excludes halogenated alkanes) is 2. The summed E-state index contributed by atoms with van der Waals surface area (Å²) >= 11 is 0. The molecule has 10 nitrogen and oxygen atoms in total. The second kappa shape index (κ2) is 15.6. The van der Waals surface area contributed by atoms with Gasteiger partial charge in [-0.05, 0) is 67.7 Å². The van der Waals surface area contributed by atoms with Gasteiger partial charge in [-0.25, -0.2) is 4.79 Å². The molecule has 0 unspecified atom stereocenters. The Balaban J connectivity index is 1.94. The van der Waals surface area contributed by atoms with Crippen molar-refractivity contribution in [3.05, 3.63) is 60.7 Å². The largest absolute Gasteiger partial charge is 0.508 e. The lowest BCUT2D eigenvalue weighted by molar-refractivity contribution is -0.253. The van der Waals surface area contributed by atoms with E-state index in [2.05, 4.69) is 24.4 Å². The van der Waals surface area contributed by atoms with E-state index in [4.69, 9.17) is 19.0 Å². The number of likely N-dealkylation sites (N-methyl/N-ethyl adjacent to an activating group) is 1. The Bertz CT molecular complexity index is 1220. The second-order valence-electron chi connectivity index (χ2n) is 11.8. The van der Waals surface area contributed by atoms with Gasteiger partial charge in [-0.1, -0.05) is 36.2 Å². The monoisotopic (exact) mass is 612 g/mol. The molecule has 242 valence electrons. The van der Waals surface area contributed by atoms with Crippen LogP contribution in [0.15, 0.2) is 60.3 Å². The van der Waals surface area contributed by atoms with Crippen molar-refractivity contribution in [3.63, 3.8) is 0 Å². The maximum Gasteiger partial charge on any atom is 0.409 e. The molecule has 1 amide bonds. The van der Waals surface area contributed by atoms with Gasteiger partial charge in [-0.3, -0.25) is 0 Å². The van der Waals surface area contributed by atoms with Crippen molar-refractivity contribution in [3.8, 4) is 11.5 Å². The quantitative estimate of drug-likeness (QED) is 0.130. The van der Waals surface area contributed by atoms with Gasteiger partial charge in [0.05, 0.1) is 24.8 Å². The van der Waals surface area contributed by atoms with Gasteiger partial charge in [0.1, 0.15) is 24.7 Å². The van der Waals surface area contributed by atoms with E-state index in [0.29, 0.717) is 37.1 Å². The third-order valence-electron chi connectivity index (χ3n) is 9.16. The number of phenols is 1. The fourth-order valence-corrected chi connectivity index (χ4v) is 7.31. The summed E-state index contributed by atoms with van der Waals surface area (Å²) in [6, 6.07) is 4.49.